The van der Waals surface area contributed by atoms with Crippen LogP contribution in [0, 0.1) is 6.92 Å². The lowest BCUT2D eigenvalue weighted by molar-refractivity contribution is -0.149. The van der Waals surface area contributed by atoms with Crippen LogP contribution in [0.15, 0.2) is 24.3 Å². The number of hydrogen-bond donors (Lipinski definition) is 1. The van der Waals surface area contributed by atoms with Crippen LogP contribution in [0.25, 0.3) is 0 Å². The number of carbonyl (C=O) groups is 1. The van der Waals surface area contributed by atoms with E-state index >= 15 is 0 Å². The van der Waals surface area contributed by atoms with Gasteiger partial charge in [-0.15, -0.1) is 0 Å². The van der Waals surface area contributed by atoms with E-state index in [1.165, 1.54) is 0 Å². The molecule has 0 unspecified atom stereocenters. The molecule has 1 aromatic carbocycles. The maximum Gasteiger partial charge on any atom is 0.331 e. The summed E-state index contributed by atoms with van der Waals surface area (Å²) in [4.78, 5) is 12.5. The highest BCUT2D eigenvalue weighted by Gasteiger charge is 2.38. The van der Waals surface area contributed by atoms with Crippen LogP contribution in [0.2, 0.25) is 0 Å². The molecule has 0 aliphatic heterocycles. The first-order chi connectivity index (χ1) is 9.59. The van der Waals surface area contributed by atoms with Crippen LogP contribution in [-0.2, 0) is 9.53 Å². The molecule has 1 rings (SSSR count). The average Bonchev–Trinajstić information content (AvgIpc) is 2.42. The third-order valence-corrected chi connectivity index (χ3v) is 3.54. The van der Waals surface area contributed by atoms with Gasteiger partial charge < -0.3 is 10.1 Å². The maximum absolute atomic E-state index is 12.5. The molecule has 0 saturated heterocycles. The summed E-state index contributed by atoms with van der Waals surface area (Å²) in [7, 11) is 0. The zero-order valence-corrected chi connectivity index (χ0v) is 13.2. The highest BCUT2D eigenvalue weighted by Crippen LogP contribution is 2.28. The molecule has 0 aliphatic carbocycles. The fourth-order valence-corrected chi connectivity index (χ4v) is 2.60. The molecule has 0 atom stereocenters. The SMILES string of the molecule is CCCC(CCC)(Nc1ccccc1C)C(=O)OCC. The minimum atomic E-state index is -0.606. The summed E-state index contributed by atoms with van der Waals surface area (Å²) < 4.78 is 5.32. The number of aryl methyl sites for hydroxylation is 1. The molecule has 0 saturated carbocycles. The van der Waals surface area contributed by atoms with Gasteiger partial charge in [0.1, 0.15) is 5.54 Å². The molecule has 1 N–H and O–H groups in total. The van der Waals surface area contributed by atoms with Crippen molar-refractivity contribution < 1.29 is 9.53 Å². The van der Waals surface area contributed by atoms with Crippen molar-refractivity contribution in [1.29, 1.82) is 0 Å². The van der Waals surface area contributed by atoms with E-state index in [-0.39, 0.29) is 5.97 Å². The summed E-state index contributed by atoms with van der Waals surface area (Å²) in [6, 6.07) is 8.07. The summed E-state index contributed by atoms with van der Waals surface area (Å²) in [6.07, 6.45) is 3.46. The minimum absolute atomic E-state index is 0.132. The topological polar surface area (TPSA) is 38.3 Å². The summed E-state index contributed by atoms with van der Waals surface area (Å²) >= 11 is 0. The van der Waals surface area contributed by atoms with Crippen LogP contribution >= 0.6 is 0 Å². The molecule has 0 heterocycles. The lowest BCUT2D eigenvalue weighted by Gasteiger charge is -2.33. The monoisotopic (exact) mass is 277 g/mol. The Bertz CT molecular complexity index is 423. The second-order valence-corrected chi connectivity index (χ2v) is 5.24. The van der Waals surface area contributed by atoms with Crippen LogP contribution in [0.1, 0.15) is 52.0 Å². The van der Waals surface area contributed by atoms with Gasteiger partial charge in [0.25, 0.3) is 0 Å². The Kier molecular flexibility index (Phi) is 6.56. The van der Waals surface area contributed by atoms with Crippen LogP contribution in [0.5, 0.6) is 0 Å². The van der Waals surface area contributed by atoms with Crippen molar-refractivity contribution in [2.24, 2.45) is 0 Å². The largest absolute Gasteiger partial charge is 0.464 e. The molecule has 0 amide bonds. The number of carbonyl (C=O) groups excluding carboxylic acids is 1. The van der Waals surface area contributed by atoms with Gasteiger partial charge in [-0.05, 0) is 38.3 Å². The third kappa shape index (κ3) is 3.99. The lowest BCUT2D eigenvalue weighted by atomic mass is 9.88. The molecule has 0 aliphatic rings. The van der Waals surface area contributed by atoms with E-state index in [4.69, 9.17) is 4.74 Å². The van der Waals surface area contributed by atoms with Gasteiger partial charge in [-0.25, -0.2) is 4.79 Å². The first kappa shape index (κ1) is 16.5. The molecule has 0 fully saturated rings. The van der Waals surface area contributed by atoms with E-state index in [0.29, 0.717) is 6.61 Å². The Morgan fingerprint density at radius 1 is 1.15 bits per heavy atom. The Labute approximate surface area is 122 Å². The van der Waals surface area contributed by atoms with Gasteiger partial charge in [0.2, 0.25) is 0 Å². The number of nitrogens with one attached hydrogen (secondary N) is 1. The van der Waals surface area contributed by atoms with Crippen molar-refractivity contribution in [1.82, 2.24) is 0 Å². The van der Waals surface area contributed by atoms with Crippen molar-refractivity contribution in [3.05, 3.63) is 29.8 Å². The summed E-state index contributed by atoms with van der Waals surface area (Å²) in [6.45, 7) is 8.53. The number of anilines is 1. The zero-order valence-electron chi connectivity index (χ0n) is 13.2. The van der Waals surface area contributed by atoms with Crippen LogP contribution in [0.4, 0.5) is 5.69 Å². The van der Waals surface area contributed by atoms with Gasteiger partial charge in [0.05, 0.1) is 6.61 Å². The maximum atomic E-state index is 12.5. The molecule has 0 bridgehead atoms. The molecule has 3 nitrogen and oxygen atoms in total. The van der Waals surface area contributed by atoms with Crippen molar-refractivity contribution in [2.75, 3.05) is 11.9 Å². The van der Waals surface area contributed by atoms with E-state index < -0.39 is 5.54 Å². The fourth-order valence-electron chi connectivity index (χ4n) is 2.60. The van der Waals surface area contributed by atoms with Crippen LogP contribution < -0.4 is 5.32 Å². The zero-order chi connectivity index (χ0) is 15.0. The van der Waals surface area contributed by atoms with Gasteiger partial charge in [0.15, 0.2) is 0 Å². The van der Waals surface area contributed by atoms with Crippen molar-refractivity contribution in [2.45, 2.75) is 58.9 Å². The molecule has 1 aromatic rings. The minimum Gasteiger partial charge on any atom is -0.464 e. The van der Waals surface area contributed by atoms with E-state index in [2.05, 4.69) is 32.2 Å². The van der Waals surface area contributed by atoms with Crippen LogP contribution in [-0.4, -0.2) is 18.1 Å². The second kappa shape index (κ2) is 7.93. The molecule has 112 valence electrons. The van der Waals surface area contributed by atoms with Crippen molar-refractivity contribution in [3.8, 4) is 0 Å². The molecular formula is C17H27NO2. The average molecular weight is 277 g/mol. The van der Waals surface area contributed by atoms with Crippen LogP contribution in [0.3, 0.4) is 0 Å². The standard InChI is InChI=1S/C17H27NO2/c1-5-12-17(13-6-2,16(19)20-7-3)18-15-11-9-8-10-14(15)4/h8-11,18H,5-7,12-13H2,1-4H3. The molecule has 0 spiro atoms. The van der Waals surface area contributed by atoms with E-state index in [0.717, 1.165) is 36.9 Å². The van der Waals surface area contributed by atoms with Crippen molar-refractivity contribution in [3.63, 3.8) is 0 Å². The fraction of sp³-hybridized carbons (Fsp3) is 0.588. The number of rotatable bonds is 8. The van der Waals surface area contributed by atoms with Crippen molar-refractivity contribution >= 4 is 11.7 Å². The normalized spacial score (nSPS) is 11.2. The highest BCUT2D eigenvalue weighted by atomic mass is 16.5. The summed E-state index contributed by atoms with van der Waals surface area (Å²) in [5, 5.41) is 3.47. The molecular weight excluding hydrogens is 250 g/mol. The highest BCUT2D eigenvalue weighted by molar-refractivity contribution is 5.85. The Hall–Kier alpha value is -1.51. The predicted molar refractivity (Wildman–Crippen MR) is 84.0 cm³/mol. The number of para-hydroxylation sites is 1. The second-order valence-electron chi connectivity index (χ2n) is 5.24. The number of benzene rings is 1. The van der Waals surface area contributed by atoms with Gasteiger partial charge >= 0.3 is 5.97 Å². The Morgan fingerprint density at radius 3 is 2.25 bits per heavy atom. The smallest absolute Gasteiger partial charge is 0.331 e. The predicted octanol–water partition coefficient (Wildman–Crippen LogP) is 4.31. The quantitative estimate of drug-likeness (QED) is 0.720. The first-order valence-corrected chi connectivity index (χ1v) is 7.60. The van der Waals surface area contributed by atoms with Gasteiger partial charge in [-0.2, -0.15) is 0 Å². The van der Waals surface area contributed by atoms with Gasteiger partial charge in [0, 0.05) is 5.69 Å². The van der Waals surface area contributed by atoms with E-state index in [1.54, 1.807) is 0 Å². The van der Waals surface area contributed by atoms with Gasteiger partial charge in [-0.3, -0.25) is 0 Å². The number of ether oxygens (including phenoxy) is 1. The molecule has 20 heavy (non-hydrogen) atoms. The Morgan fingerprint density at radius 2 is 1.75 bits per heavy atom. The molecule has 0 aromatic heterocycles. The third-order valence-electron chi connectivity index (χ3n) is 3.54. The van der Waals surface area contributed by atoms with Gasteiger partial charge in [-0.1, -0.05) is 44.9 Å². The number of esters is 1. The molecule has 0 radical (unpaired) electrons. The van der Waals surface area contributed by atoms with E-state index in [1.807, 2.05) is 25.1 Å². The first-order valence-electron chi connectivity index (χ1n) is 7.60. The number of hydrogen-bond acceptors (Lipinski definition) is 3. The van der Waals surface area contributed by atoms with E-state index in [9.17, 15) is 4.79 Å². The summed E-state index contributed by atoms with van der Waals surface area (Å²) in [5.41, 5.74) is 1.56. The molecule has 3 heteroatoms. The Balaban J connectivity index is 3.08. The summed E-state index contributed by atoms with van der Waals surface area (Å²) in [5.74, 6) is -0.132. The lowest BCUT2D eigenvalue weighted by Crippen LogP contribution is -2.47.